The van der Waals surface area contributed by atoms with Gasteiger partial charge in [-0.25, -0.2) is 0 Å². The molecule has 0 aromatic carbocycles. The second-order valence-electron chi connectivity index (χ2n) is 6.80. The Morgan fingerprint density at radius 2 is 2.19 bits per heavy atom. The predicted molar refractivity (Wildman–Crippen MR) is 82.7 cm³/mol. The number of hydrogen-bond acceptors (Lipinski definition) is 3. The van der Waals surface area contributed by atoms with Crippen LogP contribution in [0.2, 0.25) is 0 Å². The maximum atomic E-state index is 12.2. The first-order valence-corrected chi connectivity index (χ1v) is 7.89. The molecule has 0 heterocycles. The van der Waals surface area contributed by atoms with Crippen LogP contribution in [0.5, 0.6) is 0 Å². The van der Waals surface area contributed by atoms with Crippen LogP contribution in [0.4, 0.5) is 0 Å². The van der Waals surface area contributed by atoms with E-state index in [4.69, 9.17) is 4.74 Å². The molecule has 0 saturated heterocycles. The summed E-state index contributed by atoms with van der Waals surface area (Å²) in [4.78, 5) is 23.8. The van der Waals surface area contributed by atoms with E-state index in [-0.39, 0.29) is 35.1 Å². The van der Waals surface area contributed by atoms with E-state index in [0.29, 0.717) is 6.42 Å². The first-order valence-electron chi connectivity index (χ1n) is 7.89. The van der Waals surface area contributed by atoms with Gasteiger partial charge in [0.1, 0.15) is 6.10 Å². The van der Waals surface area contributed by atoms with Crippen LogP contribution in [-0.2, 0) is 14.3 Å². The predicted octanol–water partition coefficient (Wildman–Crippen LogP) is 3.84. The molecule has 1 fully saturated rings. The van der Waals surface area contributed by atoms with Crippen molar-refractivity contribution in [3.8, 4) is 0 Å². The van der Waals surface area contributed by atoms with Crippen molar-refractivity contribution in [1.29, 1.82) is 0 Å². The number of carbonyl (C=O) groups is 2. The van der Waals surface area contributed by atoms with E-state index < -0.39 is 0 Å². The number of allylic oxidation sites excluding steroid dienone is 3. The van der Waals surface area contributed by atoms with Gasteiger partial charge in [0.2, 0.25) is 0 Å². The minimum absolute atomic E-state index is 0.0430. The number of ether oxygens (including phenoxy) is 1. The van der Waals surface area contributed by atoms with Crippen LogP contribution >= 0.6 is 0 Å². The number of hydrogen-bond donors (Lipinski definition) is 0. The molecule has 21 heavy (non-hydrogen) atoms. The molecule has 0 N–H and O–H groups in total. The van der Waals surface area contributed by atoms with Crippen LogP contribution in [0.3, 0.4) is 0 Å². The molecule has 0 aromatic heterocycles. The Morgan fingerprint density at radius 1 is 1.52 bits per heavy atom. The van der Waals surface area contributed by atoms with E-state index in [1.165, 1.54) is 5.57 Å². The second kappa shape index (κ2) is 5.78. The lowest BCUT2D eigenvalue weighted by Gasteiger charge is -2.49. The van der Waals surface area contributed by atoms with Gasteiger partial charge in [-0.1, -0.05) is 38.5 Å². The average molecular weight is 290 g/mol. The monoisotopic (exact) mass is 290 g/mol. The Morgan fingerprint density at radius 3 is 2.76 bits per heavy atom. The molecule has 3 nitrogen and oxygen atoms in total. The first kappa shape index (κ1) is 16.0. The van der Waals surface area contributed by atoms with Crippen LogP contribution in [0.15, 0.2) is 23.8 Å². The fourth-order valence-electron chi connectivity index (χ4n) is 3.72. The summed E-state index contributed by atoms with van der Waals surface area (Å²) in [5.41, 5.74) is 2.08. The van der Waals surface area contributed by atoms with Crippen molar-refractivity contribution in [2.45, 2.75) is 59.5 Å². The summed E-state index contributed by atoms with van der Waals surface area (Å²) in [6, 6.07) is 0. The number of esters is 1. The van der Waals surface area contributed by atoms with Crippen LogP contribution < -0.4 is 0 Å². The molecule has 0 aliphatic heterocycles. The third kappa shape index (κ3) is 2.83. The summed E-state index contributed by atoms with van der Waals surface area (Å²) in [5, 5.41) is 0. The van der Waals surface area contributed by atoms with Crippen molar-refractivity contribution in [3.05, 3.63) is 23.8 Å². The summed E-state index contributed by atoms with van der Waals surface area (Å²) in [5.74, 6) is 0.183. The first-order chi connectivity index (χ1) is 9.79. The Labute approximate surface area is 127 Å². The van der Waals surface area contributed by atoms with Gasteiger partial charge in [-0.2, -0.15) is 0 Å². The van der Waals surface area contributed by atoms with Gasteiger partial charge in [-0.15, -0.1) is 0 Å². The molecular formula is C18H26O3. The molecule has 0 bridgehead atoms. The topological polar surface area (TPSA) is 43.4 Å². The quantitative estimate of drug-likeness (QED) is 0.586. The zero-order valence-electron chi connectivity index (χ0n) is 13.6. The van der Waals surface area contributed by atoms with Gasteiger partial charge in [0.25, 0.3) is 0 Å². The molecule has 4 atom stereocenters. The molecule has 3 heteroatoms. The second-order valence-corrected chi connectivity index (χ2v) is 6.80. The minimum Gasteiger partial charge on any atom is -0.462 e. The van der Waals surface area contributed by atoms with E-state index in [1.54, 1.807) is 0 Å². The van der Waals surface area contributed by atoms with Gasteiger partial charge in [-0.05, 0) is 37.7 Å². The number of rotatable bonds is 3. The van der Waals surface area contributed by atoms with Gasteiger partial charge in [0, 0.05) is 18.3 Å². The number of fused-ring (bicyclic) bond motifs is 1. The number of ketones is 1. The molecule has 0 amide bonds. The van der Waals surface area contributed by atoms with Gasteiger partial charge in [0.15, 0.2) is 5.78 Å². The largest absolute Gasteiger partial charge is 0.462 e. The fourth-order valence-corrected chi connectivity index (χ4v) is 3.72. The Hall–Kier alpha value is -1.38. The van der Waals surface area contributed by atoms with Crippen molar-refractivity contribution in [3.63, 3.8) is 0 Å². The number of carbonyl (C=O) groups excluding carboxylic acids is 2. The maximum Gasteiger partial charge on any atom is 0.305 e. The standard InChI is InChI=1S/C18H26O3/c1-6-17(20)21-16-8-7-13-9-15(19)14(11(2)3)10-18(13,5)12(16)4/h9,12,14,16H,2,6-8,10H2,1,3-5H3/t12-,14-,16+,18+/m0/s1. The van der Waals surface area contributed by atoms with Gasteiger partial charge in [-0.3, -0.25) is 9.59 Å². The van der Waals surface area contributed by atoms with Crippen molar-refractivity contribution < 1.29 is 14.3 Å². The van der Waals surface area contributed by atoms with Gasteiger partial charge < -0.3 is 4.74 Å². The normalized spacial score (nSPS) is 35.7. The highest BCUT2D eigenvalue weighted by atomic mass is 16.5. The molecule has 2 aliphatic carbocycles. The Kier molecular flexibility index (Phi) is 4.40. The smallest absolute Gasteiger partial charge is 0.305 e. The molecule has 0 spiro atoms. The third-order valence-corrected chi connectivity index (χ3v) is 5.45. The molecule has 2 rings (SSSR count). The van der Waals surface area contributed by atoms with Crippen molar-refractivity contribution in [2.75, 3.05) is 0 Å². The fraction of sp³-hybridized carbons (Fsp3) is 0.667. The van der Waals surface area contributed by atoms with Crippen LogP contribution in [0, 0.1) is 17.3 Å². The maximum absolute atomic E-state index is 12.2. The van der Waals surface area contributed by atoms with Crippen molar-refractivity contribution in [2.24, 2.45) is 17.3 Å². The van der Waals surface area contributed by atoms with E-state index >= 15 is 0 Å². The minimum atomic E-state index is -0.133. The van der Waals surface area contributed by atoms with Gasteiger partial charge in [0.05, 0.1) is 0 Å². The highest BCUT2D eigenvalue weighted by molar-refractivity contribution is 5.95. The van der Waals surface area contributed by atoms with Gasteiger partial charge >= 0.3 is 5.97 Å². The van der Waals surface area contributed by atoms with Crippen molar-refractivity contribution >= 4 is 11.8 Å². The summed E-state index contributed by atoms with van der Waals surface area (Å²) < 4.78 is 5.62. The SMILES string of the molecule is C=C(C)[C@@H]1C[C@@]2(C)C(=CC1=O)CC[C@@H](OC(=O)CC)[C@@H]2C. The zero-order valence-corrected chi connectivity index (χ0v) is 13.6. The van der Waals surface area contributed by atoms with E-state index in [0.717, 1.165) is 24.8 Å². The molecule has 0 radical (unpaired) electrons. The summed E-state index contributed by atoms with van der Waals surface area (Å²) in [7, 11) is 0. The van der Waals surface area contributed by atoms with Crippen LogP contribution in [0.25, 0.3) is 0 Å². The lowest BCUT2D eigenvalue weighted by atomic mass is 9.57. The summed E-state index contributed by atoms with van der Waals surface area (Å²) in [6.45, 7) is 12.1. The summed E-state index contributed by atoms with van der Waals surface area (Å²) in [6.07, 6.45) is 4.65. The van der Waals surface area contributed by atoms with E-state index in [9.17, 15) is 9.59 Å². The third-order valence-electron chi connectivity index (χ3n) is 5.45. The summed E-state index contributed by atoms with van der Waals surface area (Å²) >= 11 is 0. The highest BCUT2D eigenvalue weighted by Crippen LogP contribution is 2.52. The van der Waals surface area contributed by atoms with Crippen LogP contribution in [-0.4, -0.2) is 17.9 Å². The average Bonchev–Trinajstić information content (AvgIpc) is 2.43. The molecule has 1 saturated carbocycles. The molecule has 0 unspecified atom stereocenters. The molecule has 0 aromatic rings. The molecular weight excluding hydrogens is 264 g/mol. The van der Waals surface area contributed by atoms with E-state index in [1.807, 2.05) is 19.9 Å². The van der Waals surface area contributed by atoms with E-state index in [2.05, 4.69) is 20.4 Å². The molecule has 2 aliphatic rings. The lowest BCUT2D eigenvalue weighted by Crippen LogP contribution is -2.46. The zero-order chi connectivity index (χ0) is 15.8. The Bertz CT molecular complexity index is 503. The van der Waals surface area contributed by atoms with Crippen LogP contribution in [0.1, 0.15) is 53.4 Å². The van der Waals surface area contributed by atoms with Crippen molar-refractivity contribution in [1.82, 2.24) is 0 Å². The highest BCUT2D eigenvalue weighted by Gasteiger charge is 2.48. The molecule has 116 valence electrons. The Balaban J connectivity index is 2.27. The lowest BCUT2D eigenvalue weighted by molar-refractivity contribution is -0.156.